The number of hydrogen-bond acceptors (Lipinski definition) is 6. The highest BCUT2D eigenvalue weighted by molar-refractivity contribution is 5.57. The van der Waals surface area contributed by atoms with Crippen molar-refractivity contribution in [3.05, 3.63) is 22.2 Å². The number of anilines is 2. The maximum absolute atomic E-state index is 10.6. The first-order chi connectivity index (χ1) is 9.66. The zero-order chi connectivity index (χ0) is 14.4. The van der Waals surface area contributed by atoms with Gasteiger partial charge in [-0.05, 0) is 18.9 Å². The second kappa shape index (κ2) is 7.04. The lowest BCUT2D eigenvalue weighted by molar-refractivity contribution is -0.384. The Balaban J connectivity index is 1.73. The van der Waals surface area contributed by atoms with Gasteiger partial charge in [-0.15, -0.1) is 0 Å². The predicted molar refractivity (Wildman–Crippen MR) is 76.6 cm³/mol. The minimum Gasteiger partial charge on any atom is -0.378 e. The van der Waals surface area contributed by atoms with Gasteiger partial charge in [-0.25, -0.2) is 4.98 Å². The smallest absolute Gasteiger partial charge is 0.311 e. The SMILES string of the molecule is Nc1nc(NCCOC2CCCCC2)ccc1[N+](=O)[O-]. The van der Waals surface area contributed by atoms with Gasteiger partial charge in [0.2, 0.25) is 5.82 Å². The first-order valence-corrected chi connectivity index (χ1v) is 6.93. The molecule has 1 fully saturated rings. The van der Waals surface area contributed by atoms with Crippen molar-refractivity contribution >= 4 is 17.3 Å². The summed E-state index contributed by atoms with van der Waals surface area (Å²) in [7, 11) is 0. The monoisotopic (exact) mass is 280 g/mol. The summed E-state index contributed by atoms with van der Waals surface area (Å²) in [6, 6.07) is 2.90. The van der Waals surface area contributed by atoms with E-state index in [9.17, 15) is 10.1 Å². The van der Waals surface area contributed by atoms with Crippen molar-refractivity contribution in [2.45, 2.75) is 38.2 Å². The second-order valence-corrected chi connectivity index (χ2v) is 4.92. The van der Waals surface area contributed by atoms with Gasteiger partial charge in [-0.1, -0.05) is 19.3 Å². The highest BCUT2D eigenvalue weighted by atomic mass is 16.6. The summed E-state index contributed by atoms with van der Waals surface area (Å²) < 4.78 is 5.77. The van der Waals surface area contributed by atoms with Crippen LogP contribution in [0, 0.1) is 10.1 Å². The van der Waals surface area contributed by atoms with Crippen LogP contribution < -0.4 is 11.1 Å². The number of aromatic nitrogens is 1. The van der Waals surface area contributed by atoms with Crippen LogP contribution >= 0.6 is 0 Å². The summed E-state index contributed by atoms with van der Waals surface area (Å²) in [4.78, 5) is 14.0. The summed E-state index contributed by atoms with van der Waals surface area (Å²) in [5.74, 6) is 0.452. The average Bonchev–Trinajstić information content (AvgIpc) is 2.44. The number of rotatable bonds is 6. The molecule has 1 aliphatic rings. The Morgan fingerprint density at radius 2 is 2.15 bits per heavy atom. The van der Waals surface area contributed by atoms with Crippen molar-refractivity contribution in [2.75, 3.05) is 24.2 Å². The number of nitro groups is 1. The van der Waals surface area contributed by atoms with Crippen molar-refractivity contribution < 1.29 is 9.66 Å². The van der Waals surface area contributed by atoms with E-state index in [0.29, 0.717) is 25.1 Å². The predicted octanol–water partition coefficient (Wildman–Crippen LogP) is 2.33. The molecule has 1 aromatic rings. The molecule has 0 saturated heterocycles. The van der Waals surface area contributed by atoms with E-state index in [1.165, 1.54) is 25.3 Å². The third kappa shape index (κ3) is 4.06. The molecule has 3 N–H and O–H groups in total. The molecule has 0 radical (unpaired) electrons. The zero-order valence-electron chi connectivity index (χ0n) is 11.4. The molecule has 0 amide bonds. The van der Waals surface area contributed by atoms with Crippen molar-refractivity contribution in [1.29, 1.82) is 0 Å². The van der Waals surface area contributed by atoms with E-state index in [2.05, 4.69) is 10.3 Å². The molecular weight excluding hydrogens is 260 g/mol. The number of nitrogens with zero attached hydrogens (tertiary/aromatic N) is 2. The minimum atomic E-state index is -0.543. The Morgan fingerprint density at radius 3 is 2.80 bits per heavy atom. The van der Waals surface area contributed by atoms with E-state index in [-0.39, 0.29) is 11.5 Å². The molecule has 0 aromatic carbocycles. The molecule has 110 valence electrons. The fourth-order valence-electron chi connectivity index (χ4n) is 2.36. The van der Waals surface area contributed by atoms with Gasteiger partial charge >= 0.3 is 5.69 Å². The Labute approximate surface area is 117 Å². The van der Waals surface area contributed by atoms with Gasteiger partial charge in [0, 0.05) is 12.6 Å². The van der Waals surface area contributed by atoms with Crippen LogP contribution in [0.4, 0.5) is 17.3 Å². The number of nitrogens with one attached hydrogen (secondary N) is 1. The number of pyridine rings is 1. The molecule has 0 spiro atoms. The Bertz CT molecular complexity index is 461. The third-order valence-corrected chi connectivity index (χ3v) is 3.41. The van der Waals surface area contributed by atoms with Crippen LogP contribution in [0.25, 0.3) is 0 Å². The van der Waals surface area contributed by atoms with E-state index in [1.54, 1.807) is 6.07 Å². The number of hydrogen-bond donors (Lipinski definition) is 2. The number of nitrogens with two attached hydrogens (primary N) is 1. The van der Waals surface area contributed by atoms with Gasteiger partial charge in [-0.3, -0.25) is 10.1 Å². The molecule has 20 heavy (non-hydrogen) atoms. The van der Waals surface area contributed by atoms with Gasteiger partial charge in [-0.2, -0.15) is 0 Å². The summed E-state index contributed by atoms with van der Waals surface area (Å²) in [5, 5.41) is 13.7. The standard InChI is InChI=1S/C13H20N4O3/c14-13-11(17(18)19)6-7-12(16-13)15-8-9-20-10-4-2-1-3-5-10/h6-7,10H,1-5,8-9H2,(H3,14,15,16). The van der Waals surface area contributed by atoms with E-state index in [0.717, 1.165) is 12.8 Å². The lowest BCUT2D eigenvalue weighted by Gasteiger charge is -2.22. The molecule has 1 aromatic heterocycles. The Hall–Kier alpha value is -1.89. The molecule has 2 rings (SSSR count). The number of ether oxygens (including phenoxy) is 1. The van der Waals surface area contributed by atoms with E-state index in [1.807, 2.05) is 0 Å². The molecule has 7 nitrogen and oxygen atoms in total. The fraction of sp³-hybridized carbons (Fsp3) is 0.615. The van der Waals surface area contributed by atoms with Gasteiger partial charge < -0.3 is 15.8 Å². The van der Waals surface area contributed by atoms with Gasteiger partial charge in [0.1, 0.15) is 5.82 Å². The third-order valence-electron chi connectivity index (χ3n) is 3.41. The van der Waals surface area contributed by atoms with Crippen molar-refractivity contribution in [1.82, 2.24) is 4.98 Å². The Kier molecular flexibility index (Phi) is 5.11. The van der Waals surface area contributed by atoms with Gasteiger partial charge in [0.05, 0.1) is 17.6 Å². The molecule has 1 saturated carbocycles. The molecule has 1 heterocycles. The normalized spacial score (nSPS) is 16.0. The molecular formula is C13H20N4O3. The van der Waals surface area contributed by atoms with Crippen molar-refractivity contribution in [2.24, 2.45) is 0 Å². The lowest BCUT2D eigenvalue weighted by Crippen LogP contribution is -2.20. The largest absolute Gasteiger partial charge is 0.378 e. The molecule has 0 atom stereocenters. The average molecular weight is 280 g/mol. The minimum absolute atomic E-state index is 0.0757. The van der Waals surface area contributed by atoms with E-state index >= 15 is 0 Å². The first kappa shape index (κ1) is 14.5. The molecule has 0 bridgehead atoms. The van der Waals surface area contributed by atoms with Crippen LogP contribution in [-0.2, 0) is 4.74 Å². The van der Waals surface area contributed by atoms with Crippen molar-refractivity contribution in [3.8, 4) is 0 Å². The molecule has 1 aliphatic carbocycles. The topological polar surface area (TPSA) is 103 Å². The highest BCUT2D eigenvalue weighted by Crippen LogP contribution is 2.21. The van der Waals surface area contributed by atoms with Crippen LogP contribution in [0.1, 0.15) is 32.1 Å². The van der Waals surface area contributed by atoms with Crippen LogP contribution in [0.2, 0.25) is 0 Å². The fourth-order valence-corrected chi connectivity index (χ4v) is 2.36. The van der Waals surface area contributed by atoms with Crippen molar-refractivity contribution in [3.63, 3.8) is 0 Å². The summed E-state index contributed by atoms with van der Waals surface area (Å²) in [6.07, 6.45) is 6.47. The summed E-state index contributed by atoms with van der Waals surface area (Å²) in [6.45, 7) is 1.21. The molecule has 7 heteroatoms. The first-order valence-electron chi connectivity index (χ1n) is 6.93. The summed E-state index contributed by atoms with van der Waals surface area (Å²) >= 11 is 0. The quantitative estimate of drug-likeness (QED) is 0.471. The maximum Gasteiger partial charge on any atom is 0.311 e. The zero-order valence-corrected chi connectivity index (χ0v) is 11.4. The molecule has 0 aliphatic heterocycles. The maximum atomic E-state index is 10.6. The second-order valence-electron chi connectivity index (χ2n) is 4.92. The summed E-state index contributed by atoms with van der Waals surface area (Å²) in [5.41, 5.74) is 5.35. The van der Waals surface area contributed by atoms with E-state index in [4.69, 9.17) is 10.5 Å². The Morgan fingerprint density at radius 1 is 1.40 bits per heavy atom. The van der Waals surface area contributed by atoms with E-state index < -0.39 is 4.92 Å². The molecule has 0 unspecified atom stereocenters. The lowest BCUT2D eigenvalue weighted by atomic mass is 9.98. The van der Waals surface area contributed by atoms with Gasteiger partial charge in [0.15, 0.2) is 0 Å². The van der Waals surface area contributed by atoms with Crippen LogP contribution in [-0.4, -0.2) is 29.2 Å². The van der Waals surface area contributed by atoms with Crippen LogP contribution in [0.5, 0.6) is 0 Å². The number of nitrogen functional groups attached to an aromatic ring is 1. The van der Waals surface area contributed by atoms with Crippen LogP contribution in [0.3, 0.4) is 0 Å². The van der Waals surface area contributed by atoms with Crippen LogP contribution in [0.15, 0.2) is 12.1 Å². The van der Waals surface area contributed by atoms with Gasteiger partial charge in [0.25, 0.3) is 0 Å². The highest BCUT2D eigenvalue weighted by Gasteiger charge is 2.14.